The molecule has 0 aliphatic heterocycles. The molecule has 0 amide bonds. The first-order valence-electron chi connectivity index (χ1n) is 7.59. The van der Waals surface area contributed by atoms with Gasteiger partial charge in [0.2, 0.25) is 0 Å². The first-order valence-corrected chi connectivity index (χ1v) is 7.59. The molecule has 0 aromatic carbocycles. The molecule has 0 aliphatic carbocycles. The predicted octanol–water partition coefficient (Wildman–Crippen LogP) is 1.72. The van der Waals surface area contributed by atoms with E-state index in [1.807, 2.05) is 23.9 Å². The predicted molar refractivity (Wildman–Crippen MR) is 86.0 cm³/mol. The SMILES string of the molecule is CC(C)CN(C)COC(=O)/C=C\C(=O)OCN(C)CC(C)C. The van der Waals surface area contributed by atoms with E-state index in [1.165, 1.54) is 0 Å². The van der Waals surface area contributed by atoms with Crippen LogP contribution >= 0.6 is 0 Å². The summed E-state index contributed by atoms with van der Waals surface area (Å²) in [4.78, 5) is 26.7. The minimum Gasteiger partial charge on any atom is -0.446 e. The number of hydrogen-bond donors (Lipinski definition) is 0. The molecule has 6 nitrogen and oxygen atoms in total. The van der Waals surface area contributed by atoms with Crippen LogP contribution in [0.1, 0.15) is 27.7 Å². The van der Waals surface area contributed by atoms with Gasteiger partial charge in [-0.2, -0.15) is 0 Å². The Morgan fingerprint density at radius 1 is 0.818 bits per heavy atom. The molecule has 0 radical (unpaired) electrons. The fraction of sp³-hybridized carbons (Fsp3) is 0.750. The highest BCUT2D eigenvalue weighted by molar-refractivity contribution is 5.91. The summed E-state index contributed by atoms with van der Waals surface area (Å²) in [7, 11) is 3.74. The van der Waals surface area contributed by atoms with Gasteiger partial charge < -0.3 is 9.47 Å². The van der Waals surface area contributed by atoms with Crippen LogP contribution in [0.25, 0.3) is 0 Å². The van der Waals surface area contributed by atoms with Crippen molar-refractivity contribution in [2.45, 2.75) is 27.7 Å². The average molecular weight is 314 g/mol. The van der Waals surface area contributed by atoms with Gasteiger partial charge in [0.25, 0.3) is 0 Å². The Morgan fingerprint density at radius 3 is 1.41 bits per heavy atom. The minimum atomic E-state index is -0.553. The molecular formula is C16H30N2O4. The van der Waals surface area contributed by atoms with E-state index in [9.17, 15) is 9.59 Å². The highest BCUT2D eigenvalue weighted by atomic mass is 16.5. The summed E-state index contributed by atoms with van der Waals surface area (Å²) in [6.45, 7) is 10.4. The maximum absolute atomic E-state index is 11.5. The van der Waals surface area contributed by atoms with E-state index in [0.29, 0.717) is 11.8 Å². The molecule has 0 atom stereocenters. The summed E-state index contributed by atoms with van der Waals surface area (Å²) in [5.41, 5.74) is 0. The Kier molecular flexibility index (Phi) is 10.5. The first kappa shape index (κ1) is 20.6. The Balaban J connectivity index is 3.94. The molecule has 0 heterocycles. The molecule has 0 spiro atoms. The monoisotopic (exact) mass is 314 g/mol. The molecule has 128 valence electrons. The fourth-order valence-electron chi connectivity index (χ4n) is 1.93. The quantitative estimate of drug-likeness (QED) is 0.348. The number of carbonyl (C=O) groups excluding carboxylic acids is 2. The molecule has 0 fully saturated rings. The van der Waals surface area contributed by atoms with Crippen molar-refractivity contribution in [2.24, 2.45) is 11.8 Å². The van der Waals surface area contributed by atoms with E-state index in [-0.39, 0.29) is 13.5 Å². The summed E-state index contributed by atoms with van der Waals surface area (Å²) >= 11 is 0. The molecule has 6 heteroatoms. The summed E-state index contributed by atoms with van der Waals surface area (Å²) < 4.78 is 10.0. The van der Waals surface area contributed by atoms with Gasteiger partial charge in [-0.25, -0.2) is 9.59 Å². The van der Waals surface area contributed by atoms with Crippen LogP contribution in [0.2, 0.25) is 0 Å². The number of ether oxygens (including phenoxy) is 2. The van der Waals surface area contributed by atoms with E-state index in [2.05, 4.69) is 27.7 Å². The van der Waals surface area contributed by atoms with E-state index < -0.39 is 11.9 Å². The number of carbonyl (C=O) groups is 2. The maximum atomic E-state index is 11.5. The normalized spacial score (nSPS) is 11.9. The van der Waals surface area contributed by atoms with Crippen LogP contribution in [-0.2, 0) is 19.1 Å². The standard InChI is InChI=1S/C16H30N2O4/c1-13(2)9-17(5)11-21-15(19)7-8-16(20)22-12-18(6)10-14(3)4/h7-8,13-14H,9-12H2,1-6H3/b8-7-. The molecule has 0 aromatic heterocycles. The van der Waals surface area contributed by atoms with Gasteiger partial charge >= 0.3 is 11.9 Å². The van der Waals surface area contributed by atoms with Crippen molar-refractivity contribution in [3.05, 3.63) is 12.2 Å². The summed E-state index contributed by atoms with van der Waals surface area (Å²) in [5, 5.41) is 0. The third-order valence-corrected chi connectivity index (χ3v) is 2.56. The second kappa shape index (κ2) is 11.2. The molecule has 0 saturated heterocycles. The minimum absolute atomic E-state index is 0.202. The molecule has 0 bridgehead atoms. The lowest BCUT2D eigenvalue weighted by molar-refractivity contribution is -0.144. The molecule has 22 heavy (non-hydrogen) atoms. The van der Waals surface area contributed by atoms with Crippen LogP contribution in [0, 0.1) is 11.8 Å². The van der Waals surface area contributed by atoms with Gasteiger partial charge in [0, 0.05) is 25.2 Å². The smallest absolute Gasteiger partial charge is 0.332 e. The van der Waals surface area contributed by atoms with Crippen LogP contribution in [0.4, 0.5) is 0 Å². The zero-order valence-corrected chi connectivity index (χ0v) is 14.7. The highest BCUT2D eigenvalue weighted by Crippen LogP contribution is 1.97. The third kappa shape index (κ3) is 12.3. The van der Waals surface area contributed by atoms with Gasteiger partial charge in [-0.3, -0.25) is 9.80 Å². The average Bonchev–Trinajstić information content (AvgIpc) is 2.39. The van der Waals surface area contributed by atoms with E-state index >= 15 is 0 Å². The number of hydrogen-bond acceptors (Lipinski definition) is 6. The number of nitrogens with zero attached hydrogens (tertiary/aromatic N) is 2. The van der Waals surface area contributed by atoms with Gasteiger partial charge in [-0.15, -0.1) is 0 Å². The Bertz CT molecular complexity index is 333. The molecular weight excluding hydrogens is 284 g/mol. The van der Waals surface area contributed by atoms with Crippen molar-refractivity contribution in [2.75, 3.05) is 40.6 Å². The molecule has 0 aliphatic rings. The van der Waals surface area contributed by atoms with Crippen LogP contribution in [0.3, 0.4) is 0 Å². The first-order chi connectivity index (χ1) is 10.2. The maximum Gasteiger partial charge on any atom is 0.332 e. The Labute approximate surface area is 134 Å². The van der Waals surface area contributed by atoms with Crippen molar-refractivity contribution in [3.8, 4) is 0 Å². The van der Waals surface area contributed by atoms with Crippen LogP contribution in [-0.4, -0.2) is 62.4 Å². The number of esters is 2. The lowest BCUT2D eigenvalue weighted by Crippen LogP contribution is -2.27. The lowest BCUT2D eigenvalue weighted by atomic mass is 10.2. The van der Waals surface area contributed by atoms with E-state index in [1.54, 1.807) is 0 Å². The van der Waals surface area contributed by atoms with Gasteiger partial charge in [-0.05, 0) is 25.9 Å². The Hall–Kier alpha value is -1.40. The zero-order chi connectivity index (χ0) is 17.1. The fourth-order valence-corrected chi connectivity index (χ4v) is 1.93. The van der Waals surface area contributed by atoms with Crippen molar-refractivity contribution < 1.29 is 19.1 Å². The van der Waals surface area contributed by atoms with Gasteiger partial charge in [-0.1, -0.05) is 27.7 Å². The topological polar surface area (TPSA) is 59.1 Å². The second-order valence-electron chi connectivity index (χ2n) is 6.38. The molecule has 0 saturated carbocycles. The van der Waals surface area contributed by atoms with Gasteiger partial charge in [0.05, 0.1) is 0 Å². The van der Waals surface area contributed by atoms with Gasteiger partial charge in [0.1, 0.15) is 13.5 Å². The largest absolute Gasteiger partial charge is 0.446 e. The van der Waals surface area contributed by atoms with Crippen molar-refractivity contribution >= 4 is 11.9 Å². The molecule has 0 N–H and O–H groups in total. The van der Waals surface area contributed by atoms with Gasteiger partial charge in [0.15, 0.2) is 0 Å². The summed E-state index contributed by atoms with van der Waals surface area (Å²) in [6, 6.07) is 0. The van der Waals surface area contributed by atoms with Crippen molar-refractivity contribution in [1.29, 1.82) is 0 Å². The van der Waals surface area contributed by atoms with E-state index in [4.69, 9.17) is 9.47 Å². The number of rotatable bonds is 10. The van der Waals surface area contributed by atoms with Crippen molar-refractivity contribution in [3.63, 3.8) is 0 Å². The van der Waals surface area contributed by atoms with Crippen LogP contribution in [0.15, 0.2) is 12.2 Å². The summed E-state index contributed by atoms with van der Waals surface area (Å²) in [5.74, 6) is -0.111. The Morgan fingerprint density at radius 2 is 1.14 bits per heavy atom. The van der Waals surface area contributed by atoms with Crippen LogP contribution < -0.4 is 0 Å². The summed E-state index contributed by atoms with van der Waals surface area (Å²) in [6.07, 6.45) is 2.18. The van der Waals surface area contributed by atoms with Crippen LogP contribution in [0.5, 0.6) is 0 Å². The third-order valence-electron chi connectivity index (χ3n) is 2.56. The molecule has 0 rings (SSSR count). The molecule has 0 aromatic rings. The second-order valence-corrected chi connectivity index (χ2v) is 6.38. The van der Waals surface area contributed by atoms with Crippen molar-refractivity contribution in [1.82, 2.24) is 9.80 Å². The van der Waals surface area contributed by atoms with E-state index in [0.717, 1.165) is 25.2 Å². The highest BCUT2D eigenvalue weighted by Gasteiger charge is 2.06. The zero-order valence-electron chi connectivity index (χ0n) is 14.7. The lowest BCUT2D eigenvalue weighted by Gasteiger charge is -2.18. The molecule has 0 unspecified atom stereocenters.